The van der Waals surface area contributed by atoms with Crippen LogP contribution < -0.4 is 0 Å². The lowest BCUT2D eigenvalue weighted by Crippen LogP contribution is -1.99. The molecule has 0 aliphatic heterocycles. The number of nitrogens with zero attached hydrogens (tertiary/aromatic N) is 1. The second-order valence-corrected chi connectivity index (χ2v) is 5.65. The van der Waals surface area contributed by atoms with Crippen LogP contribution in [0.25, 0.3) is 22.0 Å². The average molecular weight is 247 g/mol. The van der Waals surface area contributed by atoms with E-state index in [1.807, 2.05) is 0 Å². The molecule has 0 spiro atoms. The smallest absolute Gasteiger partial charge is 0.0486 e. The predicted molar refractivity (Wildman–Crippen MR) is 80.6 cm³/mol. The highest BCUT2D eigenvalue weighted by molar-refractivity contribution is 6.02. The van der Waals surface area contributed by atoms with Crippen molar-refractivity contribution in [2.24, 2.45) is 7.05 Å². The molecule has 1 atom stereocenters. The molecule has 2 aromatic carbocycles. The first kappa shape index (κ1) is 10.9. The van der Waals surface area contributed by atoms with Crippen molar-refractivity contribution in [1.82, 2.24) is 4.57 Å². The highest BCUT2D eigenvalue weighted by atomic mass is 15.0. The van der Waals surface area contributed by atoms with E-state index in [1.165, 1.54) is 38.9 Å². The summed E-state index contributed by atoms with van der Waals surface area (Å²) in [6.07, 6.45) is 0. The van der Waals surface area contributed by atoms with Gasteiger partial charge in [-0.25, -0.2) is 0 Å². The highest BCUT2D eigenvalue weighted by Gasteiger charge is 2.30. The van der Waals surface area contributed by atoms with E-state index in [4.69, 9.17) is 0 Å². The van der Waals surface area contributed by atoms with E-state index in [0.29, 0.717) is 5.92 Å². The molecule has 0 bridgehead atoms. The highest BCUT2D eigenvalue weighted by Crippen LogP contribution is 2.49. The Morgan fingerprint density at radius 1 is 1.05 bits per heavy atom. The molecule has 1 aliphatic rings. The minimum Gasteiger partial charge on any atom is -0.346 e. The molecule has 1 aliphatic carbocycles. The average Bonchev–Trinajstić information content (AvgIpc) is 2.86. The van der Waals surface area contributed by atoms with Gasteiger partial charge in [0.05, 0.1) is 0 Å². The summed E-state index contributed by atoms with van der Waals surface area (Å²) in [6.45, 7) is 4.49. The van der Waals surface area contributed by atoms with Crippen LogP contribution in [0.5, 0.6) is 0 Å². The van der Waals surface area contributed by atoms with Crippen LogP contribution in [0.1, 0.15) is 29.7 Å². The van der Waals surface area contributed by atoms with E-state index in [9.17, 15) is 0 Å². The Hall–Kier alpha value is -2.02. The fraction of sp³-hybridized carbons (Fsp3) is 0.222. The van der Waals surface area contributed by atoms with E-state index < -0.39 is 0 Å². The Balaban J connectivity index is 2.21. The van der Waals surface area contributed by atoms with Crippen LogP contribution >= 0.6 is 0 Å². The maximum absolute atomic E-state index is 2.37. The first-order chi connectivity index (χ1) is 9.18. The number of hydrogen-bond donors (Lipinski definition) is 0. The van der Waals surface area contributed by atoms with E-state index in [-0.39, 0.29) is 0 Å². The Kier molecular flexibility index (Phi) is 2.00. The van der Waals surface area contributed by atoms with Crippen molar-refractivity contribution in [2.45, 2.75) is 19.8 Å². The standard InChI is InChI=1S/C18H17N/c1-11-8-9-16-15(10-11)17-14-7-5-4-6-13(14)12(2)18(17)19(16)3/h4-10,12H,1-3H3. The van der Waals surface area contributed by atoms with Crippen molar-refractivity contribution < 1.29 is 0 Å². The topological polar surface area (TPSA) is 4.93 Å². The van der Waals surface area contributed by atoms with Gasteiger partial charge in [0.1, 0.15) is 0 Å². The first-order valence-corrected chi connectivity index (χ1v) is 6.86. The summed E-state index contributed by atoms with van der Waals surface area (Å²) in [4.78, 5) is 0. The number of aryl methyl sites for hydroxylation is 2. The van der Waals surface area contributed by atoms with Crippen molar-refractivity contribution in [3.8, 4) is 11.1 Å². The molecular formula is C18H17N. The monoisotopic (exact) mass is 247 g/mol. The zero-order valence-electron chi connectivity index (χ0n) is 11.6. The SMILES string of the molecule is Cc1ccc2c(c1)c1c(n2C)C(C)c2ccccc2-1. The maximum Gasteiger partial charge on any atom is 0.0486 e. The van der Waals surface area contributed by atoms with Crippen LogP contribution in [0.2, 0.25) is 0 Å². The van der Waals surface area contributed by atoms with Gasteiger partial charge in [-0.05, 0) is 30.2 Å². The molecule has 0 fully saturated rings. The molecule has 1 heterocycles. The minimum absolute atomic E-state index is 0.490. The van der Waals surface area contributed by atoms with Crippen LogP contribution in [-0.4, -0.2) is 4.57 Å². The molecule has 0 radical (unpaired) electrons. The largest absolute Gasteiger partial charge is 0.346 e. The summed E-state index contributed by atoms with van der Waals surface area (Å²) in [5.74, 6) is 0.490. The summed E-state index contributed by atoms with van der Waals surface area (Å²) < 4.78 is 2.37. The molecule has 3 aromatic rings. The van der Waals surface area contributed by atoms with Gasteiger partial charge in [-0.3, -0.25) is 0 Å². The van der Waals surface area contributed by atoms with Gasteiger partial charge in [-0.1, -0.05) is 42.8 Å². The normalized spacial score (nSPS) is 16.7. The van der Waals surface area contributed by atoms with E-state index in [1.54, 1.807) is 0 Å². The summed E-state index contributed by atoms with van der Waals surface area (Å²) in [7, 11) is 2.19. The molecule has 0 saturated carbocycles. The molecule has 94 valence electrons. The molecule has 4 rings (SSSR count). The van der Waals surface area contributed by atoms with Crippen molar-refractivity contribution >= 4 is 10.9 Å². The molecule has 1 nitrogen and oxygen atoms in total. The van der Waals surface area contributed by atoms with Gasteiger partial charge in [0.2, 0.25) is 0 Å². The van der Waals surface area contributed by atoms with Crippen molar-refractivity contribution in [2.75, 3.05) is 0 Å². The van der Waals surface area contributed by atoms with Crippen LogP contribution in [0.3, 0.4) is 0 Å². The van der Waals surface area contributed by atoms with Gasteiger partial charge in [0.25, 0.3) is 0 Å². The predicted octanol–water partition coefficient (Wildman–Crippen LogP) is 4.62. The number of aromatic nitrogens is 1. The number of benzene rings is 2. The Morgan fingerprint density at radius 2 is 1.84 bits per heavy atom. The van der Waals surface area contributed by atoms with Gasteiger partial charge in [-0.2, -0.15) is 0 Å². The van der Waals surface area contributed by atoms with Gasteiger partial charge < -0.3 is 4.57 Å². The van der Waals surface area contributed by atoms with Crippen molar-refractivity contribution in [1.29, 1.82) is 0 Å². The Labute approximate surface area is 113 Å². The molecule has 1 unspecified atom stereocenters. The molecule has 1 aromatic heterocycles. The summed E-state index contributed by atoms with van der Waals surface area (Å²) >= 11 is 0. The molecular weight excluding hydrogens is 230 g/mol. The van der Waals surface area contributed by atoms with Crippen molar-refractivity contribution in [3.05, 3.63) is 59.3 Å². The zero-order valence-corrected chi connectivity index (χ0v) is 11.6. The second kappa shape index (κ2) is 3.51. The molecule has 19 heavy (non-hydrogen) atoms. The lowest BCUT2D eigenvalue weighted by atomic mass is 10.0. The van der Waals surface area contributed by atoms with Crippen LogP contribution in [-0.2, 0) is 7.05 Å². The summed E-state index contributed by atoms with van der Waals surface area (Å²) in [5, 5.41) is 1.40. The minimum atomic E-state index is 0.490. The quantitative estimate of drug-likeness (QED) is 0.546. The number of fused-ring (bicyclic) bond motifs is 5. The van der Waals surface area contributed by atoms with Gasteiger partial charge in [-0.15, -0.1) is 0 Å². The van der Waals surface area contributed by atoms with Crippen LogP contribution in [0.4, 0.5) is 0 Å². The molecule has 1 heteroatoms. The lowest BCUT2D eigenvalue weighted by molar-refractivity contribution is 0.806. The second-order valence-electron chi connectivity index (χ2n) is 5.65. The van der Waals surface area contributed by atoms with Crippen LogP contribution in [0.15, 0.2) is 42.5 Å². The third-order valence-electron chi connectivity index (χ3n) is 4.51. The third kappa shape index (κ3) is 1.25. The zero-order chi connectivity index (χ0) is 13.1. The summed E-state index contributed by atoms with van der Waals surface area (Å²) in [5.41, 5.74) is 8.47. The number of rotatable bonds is 0. The van der Waals surface area contributed by atoms with Crippen LogP contribution in [0, 0.1) is 6.92 Å². The van der Waals surface area contributed by atoms with E-state index in [2.05, 4.69) is 67.9 Å². The first-order valence-electron chi connectivity index (χ1n) is 6.86. The Morgan fingerprint density at radius 3 is 2.68 bits per heavy atom. The van der Waals surface area contributed by atoms with E-state index >= 15 is 0 Å². The fourth-order valence-electron chi connectivity index (χ4n) is 3.62. The van der Waals surface area contributed by atoms with Gasteiger partial charge >= 0.3 is 0 Å². The lowest BCUT2D eigenvalue weighted by Gasteiger charge is -2.09. The maximum atomic E-state index is 2.37. The fourth-order valence-corrected chi connectivity index (χ4v) is 3.62. The number of hydrogen-bond acceptors (Lipinski definition) is 0. The molecule has 0 amide bonds. The molecule has 0 saturated heterocycles. The van der Waals surface area contributed by atoms with Gasteiger partial charge in [0.15, 0.2) is 0 Å². The Bertz CT molecular complexity index is 808. The molecule has 0 N–H and O–H groups in total. The van der Waals surface area contributed by atoms with Gasteiger partial charge in [0, 0.05) is 35.1 Å². The third-order valence-corrected chi connectivity index (χ3v) is 4.51. The summed E-state index contributed by atoms with van der Waals surface area (Å²) in [6, 6.07) is 15.6. The van der Waals surface area contributed by atoms with E-state index in [0.717, 1.165) is 0 Å². The van der Waals surface area contributed by atoms with Crippen molar-refractivity contribution in [3.63, 3.8) is 0 Å².